The topological polar surface area (TPSA) is 20.2 Å². The lowest BCUT2D eigenvalue weighted by molar-refractivity contribution is 0.224. The maximum absolute atomic E-state index is 3.55. The zero-order chi connectivity index (χ0) is 12.8. The Kier molecular flexibility index (Phi) is 5.72. The van der Waals surface area contributed by atoms with Gasteiger partial charge in [-0.05, 0) is 38.6 Å². The molecule has 3 nitrogen and oxygen atoms in total. The fourth-order valence-corrected chi connectivity index (χ4v) is 2.17. The number of aryl methyl sites for hydroxylation is 1. The van der Waals surface area contributed by atoms with Crippen LogP contribution in [0.2, 0.25) is 0 Å². The zero-order valence-electron chi connectivity index (χ0n) is 11.9. The van der Waals surface area contributed by atoms with E-state index in [1.165, 1.54) is 5.56 Å². The van der Waals surface area contributed by atoms with Crippen molar-refractivity contribution in [3.8, 4) is 0 Å². The van der Waals surface area contributed by atoms with Gasteiger partial charge in [0.15, 0.2) is 0 Å². The van der Waals surface area contributed by atoms with Crippen LogP contribution in [-0.2, 0) is 13.1 Å². The molecule has 0 amide bonds. The predicted molar refractivity (Wildman–Crippen MR) is 74.1 cm³/mol. The van der Waals surface area contributed by atoms with Gasteiger partial charge in [0.25, 0.3) is 0 Å². The van der Waals surface area contributed by atoms with Gasteiger partial charge in [-0.15, -0.1) is 0 Å². The fourth-order valence-electron chi connectivity index (χ4n) is 2.17. The molecule has 0 radical (unpaired) electrons. The lowest BCUT2D eigenvalue weighted by Crippen LogP contribution is -2.41. The molecular weight excluding hydrogens is 210 g/mol. The lowest BCUT2D eigenvalue weighted by atomic mass is 10.0. The molecule has 1 rings (SSSR count). The summed E-state index contributed by atoms with van der Waals surface area (Å²) in [5.74, 6) is 0.678. The molecule has 17 heavy (non-hydrogen) atoms. The second kappa shape index (κ2) is 6.82. The van der Waals surface area contributed by atoms with Crippen LogP contribution in [0.5, 0.6) is 0 Å². The molecule has 0 bridgehead atoms. The maximum Gasteiger partial charge on any atom is 0.0237 e. The van der Waals surface area contributed by atoms with Gasteiger partial charge in [0.1, 0.15) is 0 Å². The minimum atomic E-state index is 0.600. The van der Waals surface area contributed by atoms with E-state index in [0.717, 1.165) is 19.6 Å². The number of aromatic nitrogens is 1. The number of likely N-dealkylation sites (N-methyl/N-ethyl adjacent to an activating group) is 1. The summed E-state index contributed by atoms with van der Waals surface area (Å²) in [5.41, 5.74) is 1.37. The average Bonchev–Trinajstić information content (AvgIpc) is 2.71. The molecule has 1 N–H and O–H groups in total. The van der Waals surface area contributed by atoms with Gasteiger partial charge in [-0.3, -0.25) is 0 Å². The Bertz CT molecular complexity index is 307. The van der Waals surface area contributed by atoms with E-state index in [-0.39, 0.29) is 0 Å². The van der Waals surface area contributed by atoms with E-state index in [9.17, 15) is 0 Å². The van der Waals surface area contributed by atoms with Crippen LogP contribution in [0.4, 0.5) is 0 Å². The van der Waals surface area contributed by atoms with E-state index in [0.29, 0.717) is 12.0 Å². The standard InChI is InChI=1S/C14H27N3/c1-6-17-8-7-13(11-17)9-15-10-14(12(2)3)16(4)5/h7-8,11-12,14-15H,6,9-10H2,1-5H3. The molecule has 0 aliphatic carbocycles. The summed E-state index contributed by atoms with van der Waals surface area (Å²) in [5, 5.41) is 3.55. The molecule has 1 aromatic rings. The first kappa shape index (κ1) is 14.3. The predicted octanol–water partition coefficient (Wildman–Crippen LogP) is 2.18. The highest BCUT2D eigenvalue weighted by molar-refractivity contribution is 5.09. The number of hydrogen-bond acceptors (Lipinski definition) is 2. The van der Waals surface area contributed by atoms with Crippen LogP contribution in [-0.4, -0.2) is 36.1 Å². The Morgan fingerprint density at radius 2 is 2.06 bits per heavy atom. The van der Waals surface area contributed by atoms with Crippen LogP contribution in [0.3, 0.4) is 0 Å². The molecule has 0 aliphatic rings. The largest absolute Gasteiger partial charge is 0.354 e. The van der Waals surface area contributed by atoms with Crippen molar-refractivity contribution in [1.82, 2.24) is 14.8 Å². The van der Waals surface area contributed by atoms with Gasteiger partial charge in [-0.25, -0.2) is 0 Å². The Labute approximate surface area is 106 Å². The van der Waals surface area contributed by atoms with Crippen molar-refractivity contribution in [3.05, 3.63) is 24.0 Å². The van der Waals surface area contributed by atoms with E-state index < -0.39 is 0 Å². The van der Waals surface area contributed by atoms with Crippen LogP contribution in [0, 0.1) is 5.92 Å². The van der Waals surface area contributed by atoms with Gasteiger partial charge in [0.2, 0.25) is 0 Å². The lowest BCUT2D eigenvalue weighted by Gasteiger charge is -2.28. The smallest absolute Gasteiger partial charge is 0.0237 e. The molecule has 0 fully saturated rings. The zero-order valence-corrected chi connectivity index (χ0v) is 11.9. The molecule has 0 spiro atoms. The highest BCUT2D eigenvalue weighted by Gasteiger charge is 2.14. The molecule has 1 aromatic heterocycles. The molecule has 1 heterocycles. The summed E-state index contributed by atoms with van der Waals surface area (Å²) < 4.78 is 2.21. The molecule has 0 aliphatic heterocycles. The van der Waals surface area contributed by atoms with Crippen LogP contribution in [0.25, 0.3) is 0 Å². The van der Waals surface area contributed by atoms with Crippen molar-refractivity contribution in [2.75, 3.05) is 20.6 Å². The number of hydrogen-bond donors (Lipinski definition) is 1. The normalized spacial score (nSPS) is 13.6. The van der Waals surface area contributed by atoms with Crippen molar-refractivity contribution < 1.29 is 0 Å². The summed E-state index contributed by atoms with van der Waals surface area (Å²) >= 11 is 0. The summed E-state index contributed by atoms with van der Waals surface area (Å²) in [4.78, 5) is 2.30. The third-order valence-electron chi connectivity index (χ3n) is 3.29. The third-order valence-corrected chi connectivity index (χ3v) is 3.29. The van der Waals surface area contributed by atoms with Crippen LogP contribution in [0.1, 0.15) is 26.3 Å². The van der Waals surface area contributed by atoms with E-state index in [2.05, 4.69) is 68.1 Å². The van der Waals surface area contributed by atoms with E-state index in [1.54, 1.807) is 0 Å². The monoisotopic (exact) mass is 237 g/mol. The molecule has 98 valence electrons. The molecule has 0 saturated heterocycles. The van der Waals surface area contributed by atoms with Crippen molar-refractivity contribution in [3.63, 3.8) is 0 Å². The Balaban J connectivity index is 2.35. The van der Waals surface area contributed by atoms with E-state index in [1.807, 2.05) is 0 Å². The number of nitrogens with one attached hydrogen (secondary N) is 1. The average molecular weight is 237 g/mol. The highest BCUT2D eigenvalue weighted by atomic mass is 15.1. The van der Waals surface area contributed by atoms with Crippen molar-refractivity contribution in [2.45, 2.75) is 39.9 Å². The molecular formula is C14H27N3. The minimum absolute atomic E-state index is 0.600. The SMILES string of the molecule is CCn1ccc(CNCC(C(C)C)N(C)C)c1. The van der Waals surface area contributed by atoms with Crippen LogP contribution >= 0.6 is 0 Å². The second-order valence-corrected chi connectivity index (χ2v) is 5.26. The highest BCUT2D eigenvalue weighted by Crippen LogP contribution is 2.07. The van der Waals surface area contributed by atoms with Crippen molar-refractivity contribution in [2.24, 2.45) is 5.92 Å². The summed E-state index contributed by atoms with van der Waals surface area (Å²) in [6.07, 6.45) is 4.36. The summed E-state index contributed by atoms with van der Waals surface area (Å²) in [6, 6.07) is 2.79. The first-order valence-corrected chi connectivity index (χ1v) is 6.56. The second-order valence-electron chi connectivity index (χ2n) is 5.26. The quantitative estimate of drug-likeness (QED) is 0.784. The first-order valence-electron chi connectivity index (χ1n) is 6.56. The van der Waals surface area contributed by atoms with Gasteiger partial charge in [0.05, 0.1) is 0 Å². The molecule has 1 atom stereocenters. The van der Waals surface area contributed by atoms with Gasteiger partial charge >= 0.3 is 0 Å². The van der Waals surface area contributed by atoms with E-state index >= 15 is 0 Å². The Hall–Kier alpha value is -0.800. The number of rotatable bonds is 7. The summed E-state index contributed by atoms with van der Waals surface area (Å²) in [6.45, 7) is 9.77. The summed E-state index contributed by atoms with van der Waals surface area (Å²) in [7, 11) is 4.31. The Morgan fingerprint density at radius 1 is 1.35 bits per heavy atom. The van der Waals surface area contributed by atoms with Crippen molar-refractivity contribution >= 4 is 0 Å². The van der Waals surface area contributed by atoms with Gasteiger partial charge < -0.3 is 14.8 Å². The van der Waals surface area contributed by atoms with Crippen molar-refractivity contribution in [1.29, 1.82) is 0 Å². The first-order chi connectivity index (χ1) is 8.04. The van der Waals surface area contributed by atoms with E-state index in [4.69, 9.17) is 0 Å². The molecule has 1 unspecified atom stereocenters. The number of nitrogens with zero attached hydrogens (tertiary/aromatic N) is 2. The van der Waals surface area contributed by atoms with Gasteiger partial charge in [-0.1, -0.05) is 13.8 Å². The molecule has 3 heteroatoms. The van der Waals surface area contributed by atoms with Crippen LogP contribution < -0.4 is 5.32 Å². The third kappa shape index (κ3) is 4.52. The molecule has 0 aromatic carbocycles. The van der Waals surface area contributed by atoms with Crippen LogP contribution in [0.15, 0.2) is 18.5 Å². The minimum Gasteiger partial charge on any atom is -0.354 e. The molecule has 0 saturated carbocycles. The van der Waals surface area contributed by atoms with Gasteiger partial charge in [-0.2, -0.15) is 0 Å². The fraction of sp³-hybridized carbons (Fsp3) is 0.714. The van der Waals surface area contributed by atoms with Gasteiger partial charge in [0, 0.05) is 38.1 Å². The maximum atomic E-state index is 3.55. The Morgan fingerprint density at radius 3 is 2.53 bits per heavy atom.